The van der Waals surface area contributed by atoms with Gasteiger partial charge in [0, 0.05) is 22.3 Å². The fourth-order valence-corrected chi connectivity index (χ4v) is 5.26. The summed E-state index contributed by atoms with van der Waals surface area (Å²) >= 11 is 12.3. The summed E-state index contributed by atoms with van der Waals surface area (Å²) in [6.07, 6.45) is 3.20. The van der Waals surface area contributed by atoms with E-state index in [-0.39, 0.29) is 18.0 Å². The zero-order valence-corrected chi connectivity index (χ0v) is 21.6. The lowest BCUT2D eigenvalue weighted by molar-refractivity contribution is -0.116. The zero-order chi connectivity index (χ0) is 24.7. The number of nitrogens with zero attached hydrogens (tertiary/aromatic N) is 1. The number of carbonyl (C=O) groups is 1. The highest BCUT2D eigenvalue weighted by atomic mass is 35.5. The highest BCUT2D eigenvalue weighted by Crippen LogP contribution is 2.25. The molecule has 0 aliphatic carbocycles. The SMILES string of the molecule is CCCCc1ccc(NC(=O)CN(Cc2ccc(Cl)cc2Cl)S(=O)(=O)c2ccc(C)cc2)cc1. The van der Waals surface area contributed by atoms with Crippen molar-refractivity contribution in [2.75, 3.05) is 11.9 Å². The van der Waals surface area contributed by atoms with Crippen molar-refractivity contribution in [2.45, 2.75) is 44.6 Å². The van der Waals surface area contributed by atoms with Crippen molar-refractivity contribution in [2.24, 2.45) is 0 Å². The second-order valence-electron chi connectivity index (χ2n) is 8.17. The van der Waals surface area contributed by atoms with Gasteiger partial charge in [0.15, 0.2) is 0 Å². The summed E-state index contributed by atoms with van der Waals surface area (Å²) in [6.45, 7) is 3.58. The van der Waals surface area contributed by atoms with Crippen molar-refractivity contribution < 1.29 is 13.2 Å². The van der Waals surface area contributed by atoms with Crippen LogP contribution >= 0.6 is 23.2 Å². The van der Waals surface area contributed by atoms with Gasteiger partial charge in [-0.05, 0) is 67.3 Å². The van der Waals surface area contributed by atoms with Crippen LogP contribution in [0.1, 0.15) is 36.5 Å². The van der Waals surface area contributed by atoms with Crippen LogP contribution < -0.4 is 5.32 Å². The molecule has 0 unspecified atom stereocenters. The molecule has 0 bridgehead atoms. The maximum absolute atomic E-state index is 13.4. The standard InChI is InChI=1S/C26H28Cl2N2O3S/c1-3-4-5-20-8-12-23(13-9-20)29-26(31)18-30(17-21-10-11-22(27)16-25(21)28)34(32,33)24-14-6-19(2)7-15-24/h6-16H,3-5,17-18H2,1-2H3,(H,29,31). The van der Waals surface area contributed by atoms with E-state index in [4.69, 9.17) is 23.2 Å². The van der Waals surface area contributed by atoms with Crippen molar-refractivity contribution in [3.05, 3.63) is 93.5 Å². The number of sulfonamides is 1. The molecule has 0 atom stereocenters. The van der Waals surface area contributed by atoms with Gasteiger partial charge < -0.3 is 5.32 Å². The number of hydrogen-bond acceptors (Lipinski definition) is 3. The van der Waals surface area contributed by atoms with Crippen molar-refractivity contribution >= 4 is 44.8 Å². The third-order valence-corrected chi connectivity index (χ3v) is 7.79. The molecule has 0 aliphatic heterocycles. The first-order chi connectivity index (χ1) is 16.2. The Morgan fingerprint density at radius 2 is 1.65 bits per heavy atom. The van der Waals surface area contributed by atoms with E-state index < -0.39 is 15.9 Å². The minimum absolute atomic E-state index is 0.0738. The average Bonchev–Trinajstić information content (AvgIpc) is 2.80. The van der Waals surface area contributed by atoms with Crippen molar-refractivity contribution in [3.8, 4) is 0 Å². The Morgan fingerprint density at radius 3 is 2.26 bits per heavy atom. The van der Waals surface area contributed by atoms with Crippen LogP contribution in [0.4, 0.5) is 5.69 Å². The van der Waals surface area contributed by atoms with Gasteiger partial charge >= 0.3 is 0 Å². The van der Waals surface area contributed by atoms with Gasteiger partial charge in [0.05, 0.1) is 11.4 Å². The van der Waals surface area contributed by atoms with Crippen LogP contribution in [-0.2, 0) is 27.8 Å². The Hall–Kier alpha value is -2.38. The Bertz CT molecular complexity index is 1230. The van der Waals surface area contributed by atoms with Crippen molar-refractivity contribution in [3.63, 3.8) is 0 Å². The van der Waals surface area contributed by atoms with Crippen LogP contribution in [-0.4, -0.2) is 25.2 Å². The summed E-state index contributed by atoms with van der Waals surface area (Å²) in [6, 6.07) is 19.0. The number of aryl methyl sites for hydroxylation is 2. The van der Waals surface area contributed by atoms with Gasteiger partial charge in [-0.3, -0.25) is 4.79 Å². The van der Waals surface area contributed by atoms with Gasteiger partial charge in [-0.25, -0.2) is 8.42 Å². The first kappa shape index (κ1) is 26.2. The number of hydrogen-bond donors (Lipinski definition) is 1. The maximum atomic E-state index is 13.4. The summed E-state index contributed by atoms with van der Waals surface area (Å²) in [4.78, 5) is 13.0. The van der Waals surface area contributed by atoms with Gasteiger partial charge in [0.25, 0.3) is 0 Å². The first-order valence-electron chi connectivity index (χ1n) is 11.1. The Balaban J connectivity index is 1.82. The molecular formula is C26H28Cl2N2O3S. The molecule has 5 nitrogen and oxygen atoms in total. The molecular weight excluding hydrogens is 491 g/mol. The van der Waals surface area contributed by atoms with Crippen LogP contribution in [0.25, 0.3) is 0 Å². The van der Waals surface area contributed by atoms with Crippen LogP contribution in [0.3, 0.4) is 0 Å². The van der Waals surface area contributed by atoms with E-state index in [0.29, 0.717) is 21.3 Å². The smallest absolute Gasteiger partial charge is 0.243 e. The van der Waals surface area contributed by atoms with E-state index in [9.17, 15) is 13.2 Å². The van der Waals surface area contributed by atoms with Crippen LogP contribution in [0, 0.1) is 6.92 Å². The van der Waals surface area contributed by atoms with Gasteiger partial charge in [-0.15, -0.1) is 0 Å². The maximum Gasteiger partial charge on any atom is 0.243 e. The van der Waals surface area contributed by atoms with E-state index in [1.54, 1.807) is 30.3 Å². The molecule has 3 aromatic rings. The summed E-state index contributed by atoms with van der Waals surface area (Å²) in [5.74, 6) is -0.443. The molecule has 0 saturated heterocycles. The van der Waals surface area contributed by atoms with E-state index >= 15 is 0 Å². The second-order valence-corrected chi connectivity index (χ2v) is 11.0. The monoisotopic (exact) mass is 518 g/mol. The number of carbonyl (C=O) groups excluding carboxylic acids is 1. The normalized spacial score (nSPS) is 11.6. The predicted molar refractivity (Wildman–Crippen MR) is 139 cm³/mol. The third kappa shape index (κ3) is 7.06. The van der Waals surface area contributed by atoms with Crippen LogP contribution in [0.2, 0.25) is 10.0 Å². The zero-order valence-electron chi connectivity index (χ0n) is 19.2. The van der Waals surface area contributed by atoms with Gasteiger partial charge in [0.2, 0.25) is 15.9 Å². The molecule has 3 aromatic carbocycles. The summed E-state index contributed by atoms with van der Waals surface area (Å²) in [7, 11) is -3.97. The topological polar surface area (TPSA) is 66.5 Å². The van der Waals surface area contributed by atoms with Gasteiger partial charge in [-0.1, -0.05) is 72.4 Å². The molecule has 0 spiro atoms. The highest BCUT2D eigenvalue weighted by Gasteiger charge is 2.27. The van der Waals surface area contributed by atoms with E-state index in [1.807, 2.05) is 31.2 Å². The average molecular weight is 519 g/mol. The Labute approximate surface area is 211 Å². The number of amides is 1. The minimum Gasteiger partial charge on any atom is -0.325 e. The van der Waals surface area contributed by atoms with E-state index in [0.717, 1.165) is 29.1 Å². The fourth-order valence-electron chi connectivity index (χ4n) is 3.42. The van der Waals surface area contributed by atoms with Crippen LogP contribution in [0.5, 0.6) is 0 Å². The lowest BCUT2D eigenvalue weighted by Gasteiger charge is -2.22. The van der Waals surface area contributed by atoms with E-state index in [1.165, 1.54) is 17.7 Å². The highest BCUT2D eigenvalue weighted by molar-refractivity contribution is 7.89. The van der Waals surface area contributed by atoms with Crippen molar-refractivity contribution in [1.82, 2.24) is 4.31 Å². The van der Waals surface area contributed by atoms with Crippen molar-refractivity contribution in [1.29, 1.82) is 0 Å². The molecule has 0 aromatic heterocycles. The second kappa shape index (κ2) is 11.8. The Kier molecular flexibility index (Phi) is 9.14. The third-order valence-electron chi connectivity index (χ3n) is 5.40. The minimum atomic E-state index is -3.97. The quantitative estimate of drug-likeness (QED) is 0.334. The molecule has 1 amide bonds. The number of anilines is 1. The molecule has 0 fully saturated rings. The molecule has 0 aliphatic rings. The fraction of sp³-hybridized carbons (Fsp3) is 0.269. The Morgan fingerprint density at radius 1 is 0.971 bits per heavy atom. The first-order valence-corrected chi connectivity index (χ1v) is 13.3. The molecule has 0 radical (unpaired) electrons. The molecule has 0 heterocycles. The number of nitrogens with one attached hydrogen (secondary N) is 1. The summed E-state index contributed by atoms with van der Waals surface area (Å²) in [5, 5.41) is 3.58. The van der Waals surface area contributed by atoms with Crippen LogP contribution in [0.15, 0.2) is 71.6 Å². The lowest BCUT2D eigenvalue weighted by Crippen LogP contribution is -2.37. The molecule has 8 heteroatoms. The molecule has 1 N–H and O–H groups in total. The molecule has 3 rings (SSSR count). The lowest BCUT2D eigenvalue weighted by atomic mass is 10.1. The van der Waals surface area contributed by atoms with Gasteiger partial charge in [0.1, 0.15) is 0 Å². The van der Waals surface area contributed by atoms with Gasteiger partial charge in [-0.2, -0.15) is 4.31 Å². The molecule has 34 heavy (non-hydrogen) atoms. The summed E-state index contributed by atoms with van der Waals surface area (Å²) < 4.78 is 28.0. The molecule has 180 valence electrons. The number of halogens is 2. The van der Waals surface area contributed by atoms with E-state index in [2.05, 4.69) is 12.2 Å². The number of rotatable bonds is 10. The number of unbranched alkanes of at least 4 members (excludes halogenated alkanes) is 1. The predicted octanol–water partition coefficient (Wildman–Crippen LogP) is 6.47. The molecule has 0 saturated carbocycles. The largest absolute Gasteiger partial charge is 0.325 e. The summed E-state index contributed by atoms with van der Waals surface area (Å²) in [5.41, 5.74) is 3.30. The number of benzene rings is 3.